The molecule has 0 unspecified atom stereocenters. The van der Waals surface area contributed by atoms with E-state index < -0.39 is 0 Å². The van der Waals surface area contributed by atoms with Crippen LogP contribution in [-0.2, 0) is 0 Å². The number of aromatic nitrogens is 1. The van der Waals surface area contributed by atoms with Crippen LogP contribution in [-0.4, -0.2) is 19.9 Å². The molecule has 0 saturated carbocycles. The molecule has 1 heterocycles. The van der Waals surface area contributed by atoms with E-state index in [4.69, 9.17) is 0 Å². The minimum absolute atomic E-state index is 0.153. The van der Waals surface area contributed by atoms with Crippen LogP contribution in [0.3, 0.4) is 0 Å². The van der Waals surface area contributed by atoms with Gasteiger partial charge in [0.15, 0.2) is 0 Å². The fourth-order valence-electron chi connectivity index (χ4n) is 0.628. The van der Waals surface area contributed by atoms with E-state index >= 15 is 0 Å². The maximum atomic E-state index is 12.8. The van der Waals surface area contributed by atoms with Crippen molar-refractivity contribution in [3.05, 3.63) is 36.9 Å². The van der Waals surface area contributed by atoms with E-state index in [0.717, 1.165) is 9.78 Å². The van der Waals surface area contributed by atoms with Crippen molar-refractivity contribution >= 4 is 19.4 Å². The maximum absolute atomic E-state index is 12.8. The van der Waals surface area contributed by atoms with Gasteiger partial charge in [-0.25, -0.2) is 0 Å². The van der Waals surface area contributed by atoms with Crippen LogP contribution >= 0.6 is 0 Å². The van der Waals surface area contributed by atoms with Gasteiger partial charge < -0.3 is 0 Å². The fraction of sp³-hybridized carbons (Fsp3) is 0.125. The monoisotopic (exact) mass is 217 g/mol. The molecule has 0 aromatic carbocycles. The summed E-state index contributed by atoms with van der Waals surface area (Å²) < 4.78 is 13.5. The summed E-state index contributed by atoms with van der Waals surface area (Å²) in [5.74, 6) is -0.339. The van der Waals surface area contributed by atoms with E-state index in [-0.39, 0.29) is 20.9 Å². The Bertz CT molecular complexity index is 250. The van der Waals surface area contributed by atoms with Crippen LogP contribution in [0.4, 0.5) is 4.39 Å². The molecule has 1 aromatic rings. The molecular weight excluding hydrogens is 208 g/mol. The average molecular weight is 216 g/mol. The van der Waals surface area contributed by atoms with Crippen LogP contribution in [0.25, 0.3) is 0 Å². The van der Waals surface area contributed by atoms with Crippen molar-refractivity contribution in [2.75, 3.05) is 0 Å². The van der Waals surface area contributed by atoms with Gasteiger partial charge in [-0.1, -0.05) is 0 Å². The van der Waals surface area contributed by atoms with Gasteiger partial charge in [-0.3, -0.25) is 0 Å². The van der Waals surface area contributed by atoms with Gasteiger partial charge in [-0.2, -0.15) is 0 Å². The zero-order valence-electron chi connectivity index (χ0n) is 5.96. The molecule has 0 aliphatic rings. The van der Waals surface area contributed by atoms with Crippen molar-refractivity contribution in [3.8, 4) is 0 Å². The van der Waals surface area contributed by atoms with E-state index in [1.54, 1.807) is 18.2 Å². The molecule has 0 saturated heterocycles. The van der Waals surface area contributed by atoms with Crippen LogP contribution in [0.2, 0.25) is 5.32 Å². The predicted molar refractivity (Wildman–Crippen MR) is 44.6 cm³/mol. The van der Waals surface area contributed by atoms with Gasteiger partial charge in [-0.15, -0.1) is 0 Å². The first-order chi connectivity index (χ1) is 5.34. The second kappa shape index (κ2) is 4.27. The van der Waals surface area contributed by atoms with Crippen LogP contribution < -0.4 is 4.46 Å². The van der Waals surface area contributed by atoms with Crippen molar-refractivity contribution in [1.82, 2.24) is 4.98 Å². The van der Waals surface area contributed by atoms with Gasteiger partial charge in [0.1, 0.15) is 0 Å². The molecule has 0 aliphatic heterocycles. The van der Waals surface area contributed by atoms with Gasteiger partial charge in [-0.05, 0) is 0 Å². The van der Waals surface area contributed by atoms with E-state index in [2.05, 4.69) is 11.6 Å². The molecule has 0 atom stereocenters. The number of hydrogen-bond donors (Lipinski definition) is 0. The number of nitrogens with zero attached hydrogens (tertiary/aromatic N) is 1. The zero-order chi connectivity index (χ0) is 8.10. The Morgan fingerprint density at radius 1 is 1.73 bits per heavy atom. The predicted octanol–water partition coefficient (Wildman–Crippen LogP) is 1.15. The Labute approximate surface area is 71.5 Å². The van der Waals surface area contributed by atoms with E-state index in [1.165, 1.54) is 6.20 Å². The van der Waals surface area contributed by atoms with Crippen molar-refractivity contribution in [3.63, 3.8) is 0 Å². The number of pyridine rings is 1. The van der Waals surface area contributed by atoms with E-state index in [9.17, 15) is 4.39 Å². The molecule has 0 N–H and O–H groups in total. The van der Waals surface area contributed by atoms with Gasteiger partial charge >= 0.3 is 71.0 Å². The van der Waals surface area contributed by atoms with E-state index in [1.807, 2.05) is 0 Å². The number of halogens is 1. The summed E-state index contributed by atoms with van der Waals surface area (Å²) in [5.41, 5.74) is 0. The van der Waals surface area contributed by atoms with Crippen LogP contribution in [0, 0.1) is 5.95 Å². The van der Waals surface area contributed by atoms with E-state index in [0.29, 0.717) is 0 Å². The minimum atomic E-state index is -0.339. The summed E-state index contributed by atoms with van der Waals surface area (Å²) >= 11 is 0.153. The van der Waals surface area contributed by atoms with Crippen LogP contribution in [0.15, 0.2) is 31.0 Å². The SMILES string of the molecule is C=CC[Se]c1cccnc1F. The first-order valence-electron chi connectivity index (χ1n) is 3.19. The molecule has 1 aromatic heterocycles. The molecule has 0 aliphatic carbocycles. The standard InChI is InChI=1S/C8H8FNSe/c1-2-6-11-7-4-3-5-10-8(7)9/h2-5H,1,6H2. The third-order valence-electron chi connectivity index (χ3n) is 1.08. The molecule has 58 valence electrons. The molecule has 1 nitrogen and oxygen atoms in total. The summed E-state index contributed by atoms with van der Waals surface area (Å²) in [6.07, 6.45) is 3.26. The van der Waals surface area contributed by atoms with Crippen molar-refractivity contribution in [1.29, 1.82) is 0 Å². The molecule has 0 amide bonds. The molecule has 0 fully saturated rings. The topological polar surface area (TPSA) is 12.9 Å². The summed E-state index contributed by atoms with van der Waals surface area (Å²) in [5, 5.41) is 0.857. The Morgan fingerprint density at radius 2 is 2.55 bits per heavy atom. The first-order valence-corrected chi connectivity index (χ1v) is 5.25. The number of hydrogen-bond acceptors (Lipinski definition) is 1. The van der Waals surface area contributed by atoms with Crippen molar-refractivity contribution < 1.29 is 4.39 Å². The molecular formula is C8H8FNSe. The quantitative estimate of drug-likeness (QED) is 0.419. The molecule has 1 rings (SSSR count). The Balaban J connectivity index is 2.69. The normalized spacial score (nSPS) is 9.55. The van der Waals surface area contributed by atoms with Gasteiger partial charge in [0.2, 0.25) is 0 Å². The first kappa shape index (κ1) is 8.44. The molecule has 0 bridgehead atoms. The Morgan fingerprint density at radius 3 is 3.18 bits per heavy atom. The molecule has 0 spiro atoms. The third-order valence-corrected chi connectivity index (χ3v) is 3.22. The molecule has 0 radical (unpaired) electrons. The van der Waals surface area contributed by atoms with Crippen LogP contribution in [0.5, 0.6) is 0 Å². The summed E-state index contributed by atoms with van der Waals surface area (Å²) in [7, 11) is 0. The molecule has 11 heavy (non-hydrogen) atoms. The number of allylic oxidation sites excluding steroid dienone is 1. The molecule has 3 heteroatoms. The van der Waals surface area contributed by atoms with Gasteiger partial charge in [0.25, 0.3) is 0 Å². The zero-order valence-corrected chi connectivity index (χ0v) is 7.67. The van der Waals surface area contributed by atoms with Crippen molar-refractivity contribution in [2.24, 2.45) is 0 Å². The second-order valence-electron chi connectivity index (χ2n) is 1.89. The summed E-state index contributed by atoms with van der Waals surface area (Å²) in [4.78, 5) is 3.55. The van der Waals surface area contributed by atoms with Crippen molar-refractivity contribution in [2.45, 2.75) is 5.32 Å². The summed E-state index contributed by atoms with van der Waals surface area (Å²) in [6.45, 7) is 3.58. The Kier molecular flexibility index (Phi) is 3.27. The fourth-order valence-corrected chi connectivity index (χ4v) is 1.98. The van der Waals surface area contributed by atoms with Crippen LogP contribution in [0.1, 0.15) is 0 Å². The second-order valence-corrected chi connectivity index (χ2v) is 4.12. The average Bonchev–Trinajstić information content (AvgIpc) is 2.03. The van der Waals surface area contributed by atoms with Gasteiger partial charge in [0, 0.05) is 0 Å². The Hall–Kier alpha value is -0.661. The number of rotatable bonds is 3. The summed E-state index contributed by atoms with van der Waals surface area (Å²) in [6, 6.07) is 3.52. The van der Waals surface area contributed by atoms with Gasteiger partial charge in [0.05, 0.1) is 0 Å². The third kappa shape index (κ3) is 2.45.